The van der Waals surface area contributed by atoms with Crippen LogP contribution in [-0.4, -0.2) is 39.9 Å². The molecular formula is C23H22N2O4. The number of piperidine rings is 1. The number of H-pyrrole nitrogens is 1. The summed E-state index contributed by atoms with van der Waals surface area (Å²) >= 11 is 0. The number of ether oxygens (including phenoxy) is 1. The van der Waals surface area contributed by atoms with Crippen molar-refractivity contribution < 1.29 is 19.4 Å². The zero-order valence-corrected chi connectivity index (χ0v) is 16.1. The van der Waals surface area contributed by atoms with Crippen LogP contribution >= 0.6 is 0 Å². The Morgan fingerprint density at radius 3 is 2.72 bits per heavy atom. The van der Waals surface area contributed by atoms with Gasteiger partial charge in [-0.15, -0.1) is 0 Å². The predicted molar refractivity (Wildman–Crippen MR) is 107 cm³/mol. The first kappa shape index (κ1) is 17.9. The second-order valence-corrected chi connectivity index (χ2v) is 7.81. The molecule has 2 aromatic carbocycles. The Morgan fingerprint density at radius 2 is 1.93 bits per heavy atom. The van der Waals surface area contributed by atoms with Crippen LogP contribution in [0.2, 0.25) is 0 Å². The lowest BCUT2D eigenvalue weighted by Gasteiger charge is -2.46. The number of ketones is 1. The third-order valence-corrected chi connectivity index (χ3v) is 6.34. The summed E-state index contributed by atoms with van der Waals surface area (Å²) in [5.41, 5.74) is 4.01. The maximum absolute atomic E-state index is 13.3. The predicted octanol–water partition coefficient (Wildman–Crippen LogP) is 3.10. The number of benzene rings is 2. The number of hydrogen-bond donors (Lipinski definition) is 2. The molecule has 3 heterocycles. The van der Waals surface area contributed by atoms with Gasteiger partial charge >= 0.3 is 5.97 Å². The van der Waals surface area contributed by atoms with Gasteiger partial charge < -0.3 is 14.8 Å². The summed E-state index contributed by atoms with van der Waals surface area (Å²) in [5.74, 6) is -1.11. The number of aromatic nitrogens is 1. The highest BCUT2D eigenvalue weighted by Gasteiger charge is 2.50. The summed E-state index contributed by atoms with van der Waals surface area (Å²) in [7, 11) is 1.33. The number of aromatic hydroxyl groups is 1. The van der Waals surface area contributed by atoms with Crippen LogP contribution in [0.25, 0.3) is 10.9 Å². The Balaban J connectivity index is 1.62. The number of hydrogen-bond acceptors (Lipinski definition) is 5. The number of methoxy groups -OCH3 is 1. The molecule has 29 heavy (non-hydrogen) atoms. The maximum atomic E-state index is 13.3. The fourth-order valence-corrected chi connectivity index (χ4v) is 4.92. The summed E-state index contributed by atoms with van der Waals surface area (Å²) in [6, 6.07) is 14.7. The highest BCUT2D eigenvalue weighted by atomic mass is 16.5. The highest BCUT2D eigenvalue weighted by Crippen LogP contribution is 2.46. The first-order valence-electron chi connectivity index (χ1n) is 9.82. The van der Waals surface area contributed by atoms with Gasteiger partial charge in [-0.2, -0.15) is 0 Å². The minimum atomic E-state index is -0.754. The number of fused-ring (bicyclic) bond motifs is 6. The molecule has 2 N–H and O–H groups in total. The Morgan fingerprint density at radius 1 is 1.17 bits per heavy atom. The van der Waals surface area contributed by atoms with E-state index >= 15 is 0 Å². The Labute approximate surface area is 168 Å². The van der Waals surface area contributed by atoms with Crippen LogP contribution in [0, 0.1) is 5.92 Å². The van der Waals surface area contributed by atoms with E-state index in [1.807, 2.05) is 30.3 Å². The second-order valence-electron chi connectivity index (χ2n) is 7.81. The molecule has 5 rings (SSSR count). The summed E-state index contributed by atoms with van der Waals surface area (Å²) in [4.78, 5) is 31.2. The Kier molecular flexibility index (Phi) is 4.17. The number of aromatic amines is 1. The number of para-hydroxylation sites is 2. The monoisotopic (exact) mass is 390 g/mol. The van der Waals surface area contributed by atoms with Crippen molar-refractivity contribution in [3.8, 4) is 5.75 Å². The van der Waals surface area contributed by atoms with Crippen LogP contribution < -0.4 is 0 Å². The molecule has 1 saturated heterocycles. The van der Waals surface area contributed by atoms with Gasteiger partial charge in [0.25, 0.3) is 0 Å². The van der Waals surface area contributed by atoms with E-state index in [4.69, 9.17) is 4.74 Å². The van der Waals surface area contributed by atoms with Gasteiger partial charge in [0.2, 0.25) is 0 Å². The molecule has 0 saturated carbocycles. The topological polar surface area (TPSA) is 82.6 Å². The lowest BCUT2D eigenvalue weighted by molar-refractivity contribution is -0.156. The number of nitrogens with one attached hydrogen (secondary N) is 1. The van der Waals surface area contributed by atoms with Crippen molar-refractivity contribution in [2.45, 2.75) is 31.5 Å². The molecule has 0 spiro atoms. The zero-order valence-electron chi connectivity index (χ0n) is 16.1. The van der Waals surface area contributed by atoms with E-state index in [1.165, 1.54) is 7.11 Å². The molecular weight excluding hydrogens is 368 g/mol. The molecule has 0 aliphatic carbocycles. The fourth-order valence-electron chi connectivity index (χ4n) is 4.92. The molecule has 2 aliphatic heterocycles. The third-order valence-electron chi connectivity index (χ3n) is 6.34. The van der Waals surface area contributed by atoms with Crippen molar-refractivity contribution in [1.29, 1.82) is 0 Å². The highest BCUT2D eigenvalue weighted by molar-refractivity contribution is 6.03. The molecule has 2 bridgehead atoms. The van der Waals surface area contributed by atoms with Gasteiger partial charge in [-0.3, -0.25) is 14.5 Å². The van der Waals surface area contributed by atoms with Crippen LogP contribution in [0.1, 0.15) is 29.3 Å². The lowest BCUT2D eigenvalue weighted by atomic mass is 9.76. The molecule has 148 valence electrons. The normalized spacial score (nSPS) is 23.8. The number of rotatable bonds is 3. The number of phenols is 1. The van der Waals surface area contributed by atoms with Crippen molar-refractivity contribution in [3.05, 3.63) is 65.4 Å². The van der Waals surface area contributed by atoms with Gasteiger partial charge in [0.05, 0.1) is 19.2 Å². The SMILES string of the molecule is COC(=O)C1CC2c3[nH]c4ccccc4c3CC(C1=O)N2Cc1ccccc1O. The first-order chi connectivity index (χ1) is 14.1. The first-order valence-corrected chi connectivity index (χ1v) is 9.82. The number of carbonyl (C=O) groups is 2. The van der Waals surface area contributed by atoms with Crippen molar-refractivity contribution in [2.75, 3.05) is 7.11 Å². The standard InChI is InChI=1S/C23H22N2O4/c1-29-23(28)16-11-18-21-15(14-7-3-4-8-17(14)24-21)10-19(22(16)27)25(18)12-13-6-2-5-9-20(13)26/h2-9,16,18-19,24,26H,10-12H2,1H3. The zero-order chi connectivity index (χ0) is 20.1. The van der Waals surface area contributed by atoms with Crippen molar-refractivity contribution in [3.63, 3.8) is 0 Å². The Hall–Kier alpha value is -3.12. The summed E-state index contributed by atoms with van der Waals surface area (Å²) in [6.07, 6.45) is 0.908. The van der Waals surface area contributed by atoms with Crippen LogP contribution in [0.4, 0.5) is 0 Å². The van der Waals surface area contributed by atoms with Gasteiger partial charge in [0.15, 0.2) is 5.78 Å². The van der Waals surface area contributed by atoms with E-state index in [1.54, 1.807) is 12.1 Å². The molecule has 3 aromatic rings. The molecule has 0 radical (unpaired) electrons. The molecule has 1 fully saturated rings. The average Bonchev–Trinajstić information content (AvgIpc) is 3.10. The number of phenolic OH excluding ortho intramolecular Hbond substituents is 1. The van der Waals surface area contributed by atoms with Crippen LogP contribution in [0.3, 0.4) is 0 Å². The van der Waals surface area contributed by atoms with E-state index in [9.17, 15) is 14.7 Å². The third kappa shape index (κ3) is 2.75. The molecule has 1 aromatic heterocycles. The molecule has 2 aliphatic rings. The van der Waals surface area contributed by atoms with Crippen molar-refractivity contribution >= 4 is 22.7 Å². The van der Waals surface area contributed by atoms with E-state index in [-0.39, 0.29) is 17.6 Å². The summed E-state index contributed by atoms with van der Waals surface area (Å²) in [5, 5.41) is 11.4. The van der Waals surface area contributed by atoms with E-state index in [0.29, 0.717) is 19.4 Å². The largest absolute Gasteiger partial charge is 0.508 e. The van der Waals surface area contributed by atoms with Crippen LogP contribution in [0.5, 0.6) is 5.75 Å². The minimum absolute atomic E-state index is 0.0977. The quantitative estimate of drug-likeness (QED) is 0.530. The number of carbonyl (C=O) groups excluding carboxylic acids is 2. The van der Waals surface area contributed by atoms with Gasteiger partial charge in [0.1, 0.15) is 11.7 Å². The molecule has 0 amide bonds. The second kappa shape index (κ2) is 6.74. The van der Waals surface area contributed by atoms with Gasteiger partial charge in [-0.1, -0.05) is 36.4 Å². The number of Topliss-reactive ketones (excluding diaryl/α,β-unsaturated/α-hetero) is 1. The molecule has 3 atom stereocenters. The van der Waals surface area contributed by atoms with Gasteiger partial charge in [0, 0.05) is 28.7 Å². The van der Waals surface area contributed by atoms with E-state index < -0.39 is 17.9 Å². The number of nitrogens with zero attached hydrogens (tertiary/aromatic N) is 1. The molecule has 6 heteroatoms. The number of esters is 1. The minimum Gasteiger partial charge on any atom is -0.508 e. The lowest BCUT2D eigenvalue weighted by Crippen LogP contribution is -2.56. The molecule has 3 unspecified atom stereocenters. The van der Waals surface area contributed by atoms with Crippen molar-refractivity contribution in [2.24, 2.45) is 5.92 Å². The van der Waals surface area contributed by atoms with Crippen molar-refractivity contribution in [1.82, 2.24) is 9.88 Å². The van der Waals surface area contributed by atoms with E-state index in [0.717, 1.165) is 27.7 Å². The van der Waals surface area contributed by atoms with E-state index in [2.05, 4.69) is 16.0 Å². The van der Waals surface area contributed by atoms with Gasteiger partial charge in [-0.05, 0) is 30.5 Å². The van der Waals surface area contributed by atoms with Crippen LogP contribution in [-0.2, 0) is 27.3 Å². The average molecular weight is 390 g/mol. The van der Waals surface area contributed by atoms with Crippen LogP contribution in [0.15, 0.2) is 48.5 Å². The Bertz CT molecular complexity index is 1120. The smallest absolute Gasteiger partial charge is 0.316 e. The molecule has 6 nitrogen and oxygen atoms in total. The summed E-state index contributed by atoms with van der Waals surface area (Å²) in [6.45, 7) is 0.441. The maximum Gasteiger partial charge on any atom is 0.316 e. The fraction of sp³-hybridized carbons (Fsp3) is 0.304. The van der Waals surface area contributed by atoms with Gasteiger partial charge in [-0.25, -0.2) is 0 Å². The summed E-state index contributed by atoms with van der Waals surface area (Å²) < 4.78 is 4.92.